The molecule has 0 radical (unpaired) electrons. The van der Waals surface area contributed by atoms with Crippen molar-refractivity contribution in [3.8, 4) is 0 Å². The second-order valence-corrected chi connectivity index (χ2v) is 6.06. The highest BCUT2D eigenvalue weighted by atomic mass is 16.7. The minimum Gasteiger partial charge on any atom is -0.388 e. The van der Waals surface area contributed by atoms with Crippen LogP contribution in [-0.2, 0) is 23.7 Å². The van der Waals surface area contributed by atoms with E-state index in [1.165, 1.54) is 6.92 Å². The van der Waals surface area contributed by atoms with E-state index in [-0.39, 0.29) is 19.1 Å². The van der Waals surface area contributed by atoms with Crippen LogP contribution in [-0.4, -0.2) is 54.9 Å². The molecule has 6 atom stereocenters. The number of hydrogen-bond donors (Lipinski definition) is 2. The Hall–Kier alpha value is -1.77. The Balaban J connectivity index is 1.75. The van der Waals surface area contributed by atoms with Crippen molar-refractivity contribution in [3.63, 3.8) is 0 Å². The van der Waals surface area contributed by atoms with Crippen LogP contribution in [0.15, 0.2) is 43.0 Å². The highest BCUT2D eigenvalue weighted by Crippen LogP contribution is 2.34. The quantitative estimate of drug-likeness (QED) is 0.768. The average molecular weight is 349 g/mol. The van der Waals surface area contributed by atoms with Crippen molar-refractivity contribution in [3.05, 3.63) is 48.6 Å². The summed E-state index contributed by atoms with van der Waals surface area (Å²) in [7, 11) is 0. The van der Waals surface area contributed by atoms with E-state index >= 15 is 0 Å². The first kappa shape index (κ1) is 18.0. The first-order valence-corrected chi connectivity index (χ1v) is 8.25. The Bertz CT molecular complexity index is 594. The van der Waals surface area contributed by atoms with Gasteiger partial charge < -0.3 is 29.4 Å². The lowest BCUT2D eigenvalue weighted by Gasteiger charge is -2.47. The van der Waals surface area contributed by atoms with Gasteiger partial charge in [0.15, 0.2) is 12.6 Å². The number of aliphatic hydroxyl groups is 1. The Morgan fingerprint density at radius 3 is 2.84 bits per heavy atom. The molecular formula is C18H23NO6. The smallest absolute Gasteiger partial charge is 0.217 e. The van der Waals surface area contributed by atoms with Crippen molar-refractivity contribution < 1.29 is 28.8 Å². The highest BCUT2D eigenvalue weighted by Gasteiger charge is 2.50. The number of ether oxygens (including phenoxy) is 4. The van der Waals surface area contributed by atoms with Gasteiger partial charge in [0, 0.05) is 12.5 Å². The highest BCUT2D eigenvalue weighted by molar-refractivity contribution is 5.73. The summed E-state index contributed by atoms with van der Waals surface area (Å²) in [4.78, 5) is 11.5. The molecule has 25 heavy (non-hydrogen) atoms. The topological polar surface area (TPSA) is 86.2 Å². The van der Waals surface area contributed by atoms with Gasteiger partial charge in [-0.3, -0.25) is 4.79 Å². The number of hydrogen-bond acceptors (Lipinski definition) is 6. The molecule has 0 bridgehead atoms. The number of aliphatic hydroxyl groups excluding tert-OH is 1. The molecule has 0 spiro atoms. The summed E-state index contributed by atoms with van der Waals surface area (Å²) in [5.41, 5.74) is 0.856. The lowest BCUT2D eigenvalue weighted by molar-refractivity contribution is -0.343. The second kappa shape index (κ2) is 8.07. The van der Waals surface area contributed by atoms with Gasteiger partial charge in [0.25, 0.3) is 0 Å². The third-order valence-corrected chi connectivity index (χ3v) is 4.19. The molecule has 1 unspecified atom stereocenters. The number of carbonyl (C=O) groups excluding carboxylic acids is 1. The molecule has 1 aromatic rings. The monoisotopic (exact) mass is 349 g/mol. The zero-order chi connectivity index (χ0) is 17.8. The van der Waals surface area contributed by atoms with Crippen molar-refractivity contribution >= 4 is 5.91 Å². The van der Waals surface area contributed by atoms with Gasteiger partial charge in [-0.25, -0.2) is 0 Å². The van der Waals surface area contributed by atoms with Gasteiger partial charge in [-0.2, -0.15) is 0 Å². The van der Waals surface area contributed by atoms with Crippen LogP contribution in [0, 0.1) is 0 Å². The first-order chi connectivity index (χ1) is 12.1. The maximum Gasteiger partial charge on any atom is 0.217 e. The van der Waals surface area contributed by atoms with Gasteiger partial charge in [-0.05, 0) is 0 Å². The van der Waals surface area contributed by atoms with Crippen molar-refractivity contribution in [2.75, 3.05) is 13.2 Å². The van der Waals surface area contributed by atoms with Crippen LogP contribution in [0.5, 0.6) is 0 Å². The summed E-state index contributed by atoms with van der Waals surface area (Å²) in [6.45, 7) is 5.46. The fourth-order valence-corrected chi connectivity index (χ4v) is 3.07. The molecule has 0 aromatic heterocycles. The molecule has 2 fully saturated rings. The van der Waals surface area contributed by atoms with Gasteiger partial charge >= 0.3 is 0 Å². The minimum atomic E-state index is -0.993. The third-order valence-electron chi connectivity index (χ3n) is 4.19. The van der Waals surface area contributed by atoms with Crippen LogP contribution in [0.4, 0.5) is 0 Å². The van der Waals surface area contributed by atoms with E-state index in [9.17, 15) is 9.90 Å². The third kappa shape index (κ3) is 4.08. The summed E-state index contributed by atoms with van der Waals surface area (Å²) in [6.07, 6.45) is -1.95. The van der Waals surface area contributed by atoms with E-state index in [0.717, 1.165) is 5.56 Å². The number of benzene rings is 1. The van der Waals surface area contributed by atoms with Crippen LogP contribution in [0.1, 0.15) is 18.8 Å². The largest absolute Gasteiger partial charge is 0.388 e. The molecule has 0 saturated carbocycles. The number of nitrogens with one attached hydrogen (secondary N) is 1. The molecular weight excluding hydrogens is 326 g/mol. The van der Waals surface area contributed by atoms with Gasteiger partial charge in [-0.15, -0.1) is 6.58 Å². The van der Waals surface area contributed by atoms with Crippen molar-refractivity contribution in [1.29, 1.82) is 0 Å². The molecule has 3 rings (SSSR count). The SMILES string of the molecule is C=CCO[C@H]1O[C@@H]2COC(c3ccccc3)O[C@@H]2[C@H](O)[C@@H]1NC(C)=O. The maximum atomic E-state index is 11.5. The van der Waals surface area contributed by atoms with E-state index in [4.69, 9.17) is 18.9 Å². The van der Waals surface area contributed by atoms with E-state index < -0.39 is 36.9 Å². The zero-order valence-electron chi connectivity index (χ0n) is 14.0. The van der Waals surface area contributed by atoms with Crippen LogP contribution in [0.25, 0.3) is 0 Å². The normalized spacial score (nSPS) is 34.8. The Labute approximate surface area is 146 Å². The molecule has 7 nitrogen and oxygen atoms in total. The first-order valence-electron chi connectivity index (χ1n) is 8.25. The van der Waals surface area contributed by atoms with E-state index in [0.29, 0.717) is 0 Å². The maximum absolute atomic E-state index is 11.5. The molecule has 1 aromatic carbocycles. The van der Waals surface area contributed by atoms with Gasteiger partial charge in [0.1, 0.15) is 24.4 Å². The standard InChI is InChI=1S/C18H23NO6/c1-3-9-22-18-14(19-11(2)20)15(21)16-13(24-18)10-23-17(25-16)12-7-5-4-6-8-12/h3-8,13-18,21H,1,9-10H2,2H3,(H,19,20)/t13-,14+,15-,16+,17?,18+/m1/s1. The van der Waals surface area contributed by atoms with Crippen LogP contribution in [0.3, 0.4) is 0 Å². The van der Waals surface area contributed by atoms with E-state index in [1.54, 1.807) is 6.08 Å². The molecule has 0 aliphatic carbocycles. The zero-order valence-corrected chi connectivity index (χ0v) is 14.0. The summed E-state index contributed by atoms with van der Waals surface area (Å²) in [5, 5.41) is 13.5. The van der Waals surface area contributed by atoms with Crippen molar-refractivity contribution in [1.82, 2.24) is 5.32 Å². The Morgan fingerprint density at radius 1 is 1.40 bits per heavy atom. The predicted octanol–water partition coefficient (Wildman–Crippen LogP) is 0.894. The van der Waals surface area contributed by atoms with Gasteiger partial charge in [0.05, 0.1) is 13.2 Å². The fourth-order valence-electron chi connectivity index (χ4n) is 3.07. The number of amides is 1. The van der Waals surface area contributed by atoms with Crippen LogP contribution in [0.2, 0.25) is 0 Å². The summed E-state index contributed by atoms with van der Waals surface area (Å²) < 4.78 is 23.1. The summed E-state index contributed by atoms with van der Waals surface area (Å²) in [5.74, 6) is -0.287. The van der Waals surface area contributed by atoms with Crippen molar-refractivity contribution in [2.24, 2.45) is 0 Å². The van der Waals surface area contributed by atoms with Crippen molar-refractivity contribution in [2.45, 2.75) is 43.9 Å². The fraction of sp³-hybridized carbons (Fsp3) is 0.500. The molecule has 2 aliphatic heterocycles. The molecule has 2 aliphatic rings. The van der Waals surface area contributed by atoms with Crippen LogP contribution < -0.4 is 5.32 Å². The molecule has 7 heteroatoms. The van der Waals surface area contributed by atoms with Crippen LogP contribution >= 0.6 is 0 Å². The average Bonchev–Trinajstić information content (AvgIpc) is 2.63. The lowest BCUT2D eigenvalue weighted by Crippen LogP contribution is -2.66. The minimum absolute atomic E-state index is 0.235. The summed E-state index contributed by atoms with van der Waals surface area (Å²) in [6, 6.07) is 8.73. The number of carbonyl (C=O) groups is 1. The van der Waals surface area contributed by atoms with E-state index in [1.807, 2.05) is 30.3 Å². The second-order valence-electron chi connectivity index (χ2n) is 6.06. The van der Waals surface area contributed by atoms with Gasteiger partial charge in [0.2, 0.25) is 5.91 Å². The van der Waals surface area contributed by atoms with E-state index in [2.05, 4.69) is 11.9 Å². The Kier molecular flexibility index (Phi) is 5.82. The Morgan fingerprint density at radius 2 is 2.16 bits per heavy atom. The lowest BCUT2D eigenvalue weighted by atomic mass is 9.95. The molecule has 2 N–H and O–H groups in total. The molecule has 1 amide bonds. The predicted molar refractivity (Wildman–Crippen MR) is 88.4 cm³/mol. The molecule has 136 valence electrons. The summed E-state index contributed by atoms with van der Waals surface area (Å²) >= 11 is 0. The number of rotatable bonds is 5. The number of fused-ring (bicyclic) bond motifs is 1. The van der Waals surface area contributed by atoms with Gasteiger partial charge in [-0.1, -0.05) is 36.4 Å². The molecule has 2 saturated heterocycles. The molecule has 2 heterocycles.